The summed E-state index contributed by atoms with van der Waals surface area (Å²) in [4.78, 5) is 0. The van der Waals surface area contributed by atoms with Gasteiger partial charge in [0.2, 0.25) is 0 Å². The molecule has 1 aromatic carbocycles. The van der Waals surface area contributed by atoms with Crippen LogP contribution in [0.1, 0.15) is 30.4 Å². The van der Waals surface area contributed by atoms with Gasteiger partial charge in [0.25, 0.3) is 0 Å². The van der Waals surface area contributed by atoms with Gasteiger partial charge in [-0.1, -0.05) is 0 Å². The molecule has 0 bridgehead atoms. The Labute approximate surface area is 100.0 Å². The van der Waals surface area contributed by atoms with Crippen LogP contribution < -0.4 is 5.73 Å². The van der Waals surface area contributed by atoms with Crippen LogP contribution in [0, 0.1) is 17.1 Å². The maximum Gasteiger partial charge on any atom is 0.128 e. The fourth-order valence-electron chi connectivity index (χ4n) is 2.09. The summed E-state index contributed by atoms with van der Waals surface area (Å²) < 4.78 is 19.1. The molecule has 1 saturated carbocycles. The van der Waals surface area contributed by atoms with Gasteiger partial charge in [0.05, 0.1) is 24.3 Å². The number of halogens is 1. The van der Waals surface area contributed by atoms with Gasteiger partial charge in [0.15, 0.2) is 0 Å². The number of nitrogens with zero attached hydrogens (tertiary/aromatic N) is 1. The lowest BCUT2D eigenvalue weighted by molar-refractivity contribution is 0.0433. The summed E-state index contributed by atoms with van der Waals surface area (Å²) in [6, 6.07) is 6.49. The van der Waals surface area contributed by atoms with Gasteiger partial charge in [-0.2, -0.15) is 5.26 Å². The van der Waals surface area contributed by atoms with E-state index in [1.165, 1.54) is 18.2 Å². The van der Waals surface area contributed by atoms with Crippen molar-refractivity contribution in [3.8, 4) is 6.07 Å². The number of nitriles is 1. The molecule has 2 N–H and O–H groups in total. The van der Waals surface area contributed by atoms with Crippen molar-refractivity contribution in [3.63, 3.8) is 0 Å². The third kappa shape index (κ3) is 3.02. The molecular weight excluding hydrogens is 219 g/mol. The van der Waals surface area contributed by atoms with E-state index in [1.807, 2.05) is 6.07 Å². The molecule has 2 atom stereocenters. The molecule has 1 aliphatic rings. The number of benzene rings is 1. The quantitative estimate of drug-likeness (QED) is 0.871. The van der Waals surface area contributed by atoms with Crippen LogP contribution in [-0.4, -0.2) is 12.1 Å². The van der Waals surface area contributed by atoms with Gasteiger partial charge in [-0.3, -0.25) is 0 Å². The predicted molar refractivity (Wildman–Crippen MR) is 61.5 cm³/mol. The van der Waals surface area contributed by atoms with E-state index in [1.54, 1.807) is 0 Å². The van der Waals surface area contributed by atoms with E-state index < -0.39 is 0 Å². The van der Waals surface area contributed by atoms with Crippen LogP contribution in [0.4, 0.5) is 4.39 Å². The molecule has 0 saturated heterocycles. The largest absolute Gasteiger partial charge is 0.373 e. The minimum atomic E-state index is -0.328. The van der Waals surface area contributed by atoms with Crippen molar-refractivity contribution in [2.45, 2.75) is 38.0 Å². The van der Waals surface area contributed by atoms with Crippen LogP contribution in [0.2, 0.25) is 0 Å². The van der Waals surface area contributed by atoms with Gasteiger partial charge >= 0.3 is 0 Å². The van der Waals surface area contributed by atoms with E-state index in [-0.39, 0.29) is 24.6 Å². The average Bonchev–Trinajstić information content (AvgIpc) is 2.74. The van der Waals surface area contributed by atoms with E-state index in [9.17, 15) is 4.39 Å². The zero-order valence-corrected chi connectivity index (χ0v) is 9.53. The number of hydrogen-bond acceptors (Lipinski definition) is 3. The smallest absolute Gasteiger partial charge is 0.128 e. The Morgan fingerprint density at radius 2 is 2.29 bits per heavy atom. The Morgan fingerprint density at radius 3 is 2.94 bits per heavy atom. The third-order valence-corrected chi connectivity index (χ3v) is 3.07. The van der Waals surface area contributed by atoms with Crippen LogP contribution in [-0.2, 0) is 11.3 Å². The lowest BCUT2D eigenvalue weighted by Gasteiger charge is -2.12. The van der Waals surface area contributed by atoms with Gasteiger partial charge in [-0.05, 0) is 37.5 Å². The van der Waals surface area contributed by atoms with Gasteiger partial charge < -0.3 is 10.5 Å². The number of ether oxygens (including phenoxy) is 1. The lowest BCUT2D eigenvalue weighted by atomic mass is 10.1. The molecule has 0 radical (unpaired) electrons. The van der Waals surface area contributed by atoms with Crippen LogP contribution in [0.3, 0.4) is 0 Å². The topological polar surface area (TPSA) is 59.0 Å². The fraction of sp³-hybridized carbons (Fsp3) is 0.462. The maximum atomic E-state index is 13.4. The summed E-state index contributed by atoms with van der Waals surface area (Å²) in [7, 11) is 0. The van der Waals surface area contributed by atoms with Crippen molar-refractivity contribution in [2.75, 3.05) is 0 Å². The van der Waals surface area contributed by atoms with E-state index >= 15 is 0 Å². The van der Waals surface area contributed by atoms with E-state index in [4.69, 9.17) is 15.7 Å². The first-order chi connectivity index (χ1) is 8.19. The van der Waals surface area contributed by atoms with E-state index in [0.717, 1.165) is 19.3 Å². The molecule has 1 fully saturated rings. The van der Waals surface area contributed by atoms with Gasteiger partial charge in [-0.15, -0.1) is 0 Å². The first kappa shape index (κ1) is 12.0. The minimum absolute atomic E-state index is 0.121. The molecule has 0 spiro atoms. The SMILES string of the molecule is N#Cc1ccc(F)c(COC2CCC(N)C2)c1. The highest BCUT2D eigenvalue weighted by Gasteiger charge is 2.22. The molecule has 17 heavy (non-hydrogen) atoms. The van der Waals surface area contributed by atoms with Crippen LogP contribution >= 0.6 is 0 Å². The molecule has 2 unspecified atom stereocenters. The van der Waals surface area contributed by atoms with Crippen molar-refractivity contribution in [1.82, 2.24) is 0 Å². The first-order valence-corrected chi connectivity index (χ1v) is 5.74. The monoisotopic (exact) mass is 234 g/mol. The standard InChI is InChI=1S/C13H15FN2O/c14-13-4-1-9(7-15)5-10(13)8-17-12-3-2-11(16)6-12/h1,4-5,11-12H,2-3,6,8,16H2. The summed E-state index contributed by atoms with van der Waals surface area (Å²) in [6.45, 7) is 0.207. The Balaban J connectivity index is 1.97. The second kappa shape index (κ2) is 5.26. The highest BCUT2D eigenvalue weighted by Crippen LogP contribution is 2.22. The molecule has 1 aliphatic carbocycles. The van der Waals surface area contributed by atoms with Gasteiger partial charge in [-0.25, -0.2) is 4.39 Å². The van der Waals surface area contributed by atoms with Gasteiger partial charge in [0.1, 0.15) is 5.82 Å². The minimum Gasteiger partial charge on any atom is -0.373 e. The highest BCUT2D eigenvalue weighted by atomic mass is 19.1. The Morgan fingerprint density at radius 1 is 1.47 bits per heavy atom. The van der Waals surface area contributed by atoms with Crippen molar-refractivity contribution in [1.29, 1.82) is 5.26 Å². The third-order valence-electron chi connectivity index (χ3n) is 3.07. The van der Waals surface area contributed by atoms with Crippen LogP contribution in [0.15, 0.2) is 18.2 Å². The molecule has 2 rings (SSSR count). The molecule has 90 valence electrons. The summed E-state index contributed by atoms with van der Waals surface area (Å²) in [6.07, 6.45) is 2.85. The molecule has 0 aromatic heterocycles. The number of rotatable bonds is 3. The maximum absolute atomic E-state index is 13.4. The van der Waals surface area contributed by atoms with Crippen molar-refractivity contribution in [2.24, 2.45) is 5.73 Å². The summed E-state index contributed by atoms with van der Waals surface area (Å²) in [5, 5.41) is 8.74. The molecule has 0 heterocycles. The zero-order valence-electron chi connectivity index (χ0n) is 9.53. The molecule has 0 aliphatic heterocycles. The van der Waals surface area contributed by atoms with Crippen LogP contribution in [0.25, 0.3) is 0 Å². The Hall–Kier alpha value is -1.44. The number of nitrogens with two attached hydrogens (primary N) is 1. The van der Waals surface area contributed by atoms with E-state index in [0.29, 0.717) is 11.1 Å². The highest BCUT2D eigenvalue weighted by molar-refractivity contribution is 5.33. The first-order valence-electron chi connectivity index (χ1n) is 5.74. The molecule has 1 aromatic rings. The van der Waals surface area contributed by atoms with Crippen molar-refractivity contribution in [3.05, 3.63) is 35.1 Å². The number of hydrogen-bond donors (Lipinski definition) is 1. The second-order valence-corrected chi connectivity index (χ2v) is 4.42. The van der Waals surface area contributed by atoms with Gasteiger partial charge in [0, 0.05) is 11.6 Å². The molecule has 4 heteroatoms. The fourth-order valence-corrected chi connectivity index (χ4v) is 2.09. The second-order valence-electron chi connectivity index (χ2n) is 4.42. The summed E-state index contributed by atoms with van der Waals surface area (Å²) >= 11 is 0. The Kier molecular flexibility index (Phi) is 3.72. The normalized spacial score (nSPS) is 23.6. The Bertz CT molecular complexity index is 442. The van der Waals surface area contributed by atoms with E-state index in [2.05, 4.69) is 0 Å². The van der Waals surface area contributed by atoms with Crippen molar-refractivity contribution >= 4 is 0 Å². The summed E-state index contributed by atoms with van der Waals surface area (Å²) in [5.41, 5.74) is 6.66. The van der Waals surface area contributed by atoms with Crippen molar-refractivity contribution < 1.29 is 9.13 Å². The summed E-state index contributed by atoms with van der Waals surface area (Å²) in [5.74, 6) is -0.328. The average molecular weight is 234 g/mol. The zero-order chi connectivity index (χ0) is 12.3. The lowest BCUT2D eigenvalue weighted by Crippen LogP contribution is -2.17. The van der Waals surface area contributed by atoms with Crippen LogP contribution in [0.5, 0.6) is 0 Å². The molecule has 3 nitrogen and oxygen atoms in total. The molecule has 0 amide bonds. The predicted octanol–water partition coefficient (Wildman–Crippen LogP) is 2.09. The molecular formula is C13H15FN2O.